The van der Waals surface area contributed by atoms with E-state index in [9.17, 15) is 9.18 Å². The maximum Gasteiger partial charge on any atom is 0.323 e. The van der Waals surface area contributed by atoms with E-state index in [0.717, 1.165) is 27.5 Å². The standard InChI is InChI=1S/C23H17BrFN5O.ClH/c24-15-6-7-18(25)20(11-15)29-23(31)28-19-4-1-5-21-17(19)8-10-30(21)13-14-12-27-22-16(14)3-2-9-26-22;/h1-12H,13H2,(H,26,27)(H2,28,29,31);1H. The van der Waals surface area contributed by atoms with Crippen LogP contribution in [0.5, 0.6) is 0 Å². The topological polar surface area (TPSA) is 74.7 Å². The fourth-order valence-corrected chi connectivity index (χ4v) is 4.03. The third kappa shape index (κ3) is 4.19. The Kier molecular flexibility index (Phi) is 6.16. The summed E-state index contributed by atoms with van der Waals surface area (Å²) >= 11 is 3.28. The van der Waals surface area contributed by atoms with E-state index < -0.39 is 11.8 Å². The molecule has 0 saturated heterocycles. The molecule has 2 aromatic carbocycles. The average Bonchev–Trinajstić information content (AvgIpc) is 3.36. The maximum absolute atomic E-state index is 13.9. The van der Waals surface area contributed by atoms with E-state index in [-0.39, 0.29) is 18.1 Å². The van der Waals surface area contributed by atoms with Gasteiger partial charge in [0.2, 0.25) is 0 Å². The minimum absolute atomic E-state index is 0. The molecule has 5 aromatic rings. The van der Waals surface area contributed by atoms with Crippen LogP contribution in [0.15, 0.2) is 77.7 Å². The number of H-pyrrole nitrogens is 1. The number of hydrogen-bond acceptors (Lipinski definition) is 2. The number of hydrogen-bond donors (Lipinski definition) is 3. The van der Waals surface area contributed by atoms with Crippen LogP contribution in [-0.2, 0) is 6.54 Å². The molecule has 0 radical (unpaired) electrons. The second-order valence-corrected chi connectivity index (χ2v) is 8.01. The number of carbonyl (C=O) groups is 1. The molecular formula is C23H18BrClFN5O. The molecule has 0 unspecified atom stereocenters. The summed E-state index contributed by atoms with van der Waals surface area (Å²) in [4.78, 5) is 20.0. The van der Waals surface area contributed by atoms with Gasteiger partial charge in [-0.2, -0.15) is 0 Å². The fraction of sp³-hybridized carbons (Fsp3) is 0.0435. The van der Waals surface area contributed by atoms with Gasteiger partial charge in [0.1, 0.15) is 11.5 Å². The van der Waals surface area contributed by atoms with Gasteiger partial charge in [0.25, 0.3) is 0 Å². The monoisotopic (exact) mass is 513 g/mol. The molecule has 9 heteroatoms. The number of pyridine rings is 1. The van der Waals surface area contributed by atoms with Crippen molar-refractivity contribution >= 4 is 67.7 Å². The molecule has 0 aliphatic heterocycles. The average molecular weight is 515 g/mol. The van der Waals surface area contributed by atoms with Crippen molar-refractivity contribution in [3.8, 4) is 0 Å². The zero-order chi connectivity index (χ0) is 21.4. The lowest BCUT2D eigenvalue weighted by Gasteiger charge is -2.11. The van der Waals surface area contributed by atoms with E-state index in [1.54, 1.807) is 12.3 Å². The van der Waals surface area contributed by atoms with E-state index in [1.807, 2.05) is 48.8 Å². The van der Waals surface area contributed by atoms with E-state index in [1.165, 1.54) is 12.1 Å². The van der Waals surface area contributed by atoms with Gasteiger partial charge in [-0.3, -0.25) is 0 Å². The molecular weight excluding hydrogens is 497 g/mol. The van der Waals surface area contributed by atoms with E-state index >= 15 is 0 Å². The van der Waals surface area contributed by atoms with Crippen LogP contribution in [0.2, 0.25) is 0 Å². The first-order chi connectivity index (χ1) is 15.1. The van der Waals surface area contributed by atoms with Gasteiger partial charge in [-0.15, -0.1) is 12.4 Å². The number of halogens is 3. The Morgan fingerprint density at radius 3 is 2.78 bits per heavy atom. The predicted molar refractivity (Wildman–Crippen MR) is 131 cm³/mol. The lowest BCUT2D eigenvalue weighted by atomic mass is 10.2. The molecule has 0 saturated carbocycles. The molecule has 0 spiro atoms. The first-order valence-electron chi connectivity index (χ1n) is 9.60. The molecule has 0 fully saturated rings. The molecule has 162 valence electrons. The molecule has 0 bridgehead atoms. The summed E-state index contributed by atoms with van der Waals surface area (Å²) in [6.45, 7) is 0.661. The van der Waals surface area contributed by atoms with Crippen molar-refractivity contribution in [1.82, 2.24) is 14.5 Å². The summed E-state index contributed by atoms with van der Waals surface area (Å²) in [5, 5.41) is 7.35. The number of anilines is 2. The third-order valence-corrected chi connectivity index (χ3v) is 5.61. The van der Waals surface area contributed by atoms with Crippen molar-refractivity contribution in [1.29, 1.82) is 0 Å². The van der Waals surface area contributed by atoms with Crippen LogP contribution in [0.3, 0.4) is 0 Å². The maximum atomic E-state index is 13.9. The molecule has 3 heterocycles. The second kappa shape index (κ2) is 9.02. The Balaban J connectivity index is 0.00000245. The molecule has 5 rings (SSSR count). The van der Waals surface area contributed by atoms with E-state index in [4.69, 9.17) is 0 Å². The van der Waals surface area contributed by atoms with Crippen molar-refractivity contribution in [2.75, 3.05) is 10.6 Å². The van der Waals surface area contributed by atoms with Crippen LogP contribution in [-0.4, -0.2) is 20.6 Å². The van der Waals surface area contributed by atoms with Gasteiger partial charge in [-0.25, -0.2) is 14.2 Å². The lowest BCUT2D eigenvalue weighted by molar-refractivity contribution is 0.262. The number of aromatic nitrogens is 3. The third-order valence-electron chi connectivity index (χ3n) is 5.12. The Labute approximate surface area is 197 Å². The van der Waals surface area contributed by atoms with Crippen molar-refractivity contribution < 1.29 is 9.18 Å². The number of rotatable bonds is 4. The number of nitrogens with one attached hydrogen (secondary N) is 3. The predicted octanol–water partition coefficient (Wildman–Crippen LogP) is 6.53. The summed E-state index contributed by atoms with van der Waals surface area (Å²) in [7, 11) is 0. The molecule has 0 aliphatic carbocycles. The molecule has 0 aliphatic rings. The zero-order valence-electron chi connectivity index (χ0n) is 16.6. The number of carbonyl (C=O) groups excluding carboxylic acids is 1. The van der Waals surface area contributed by atoms with E-state index in [0.29, 0.717) is 16.7 Å². The Morgan fingerprint density at radius 2 is 1.91 bits per heavy atom. The van der Waals surface area contributed by atoms with E-state index in [2.05, 4.69) is 41.1 Å². The lowest BCUT2D eigenvalue weighted by Crippen LogP contribution is -2.20. The van der Waals surface area contributed by atoms with Gasteiger partial charge in [-0.1, -0.05) is 22.0 Å². The largest absolute Gasteiger partial charge is 0.346 e. The van der Waals surface area contributed by atoms with Gasteiger partial charge in [0.15, 0.2) is 0 Å². The van der Waals surface area contributed by atoms with Crippen LogP contribution < -0.4 is 10.6 Å². The summed E-state index contributed by atoms with van der Waals surface area (Å²) in [5.74, 6) is -0.504. The number of urea groups is 1. The van der Waals surface area contributed by atoms with Crippen LogP contribution >= 0.6 is 28.3 Å². The van der Waals surface area contributed by atoms with Crippen LogP contribution in [0.1, 0.15) is 5.56 Å². The molecule has 3 aromatic heterocycles. The van der Waals surface area contributed by atoms with Gasteiger partial charge in [-0.05, 0) is 54.1 Å². The molecule has 6 nitrogen and oxygen atoms in total. The SMILES string of the molecule is Cl.O=C(Nc1cc(Br)ccc1F)Nc1cccc2c1ccn2Cc1c[nH]c2ncccc12. The van der Waals surface area contributed by atoms with Crippen LogP contribution in [0, 0.1) is 5.82 Å². The highest BCUT2D eigenvalue weighted by atomic mass is 79.9. The summed E-state index contributed by atoms with van der Waals surface area (Å²) in [5.41, 5.74) is 3.70. The van der Waals surface area contributed by atoms with Crippen molar-refractivity contribution in [3.63, 3.8) is 0 Å². The Hall–Kier alpha value is -3.36. The fourth-order valence-electron chi connectivity index (χ4n) is 3.67. The summed E-state index contributed by atoms with van der Waals surface area (Å²) < 4.78 is 16.7. The number of fused-ring (bicyclic) bond motifs is 2. The molecule has 2 amide bonds. The highest BCUT2D eigenvalue weighted by Gasteiger charge is 2.12. The van der Waals surface area contributed by atoms with Gasteiger partial charge >= 0.3 is 6.03 Å². The smallest absolute Gasteiger partial charge is 0.323 e. The first kappa shape index (κ1) is 21.9. The van der Waals surface area contributed by atoms with Crippen molar-refractivity contribution in [3.05, 3.63) is 89.0 Å². The molecule has 3 N–H and O–H groups in total. The number of aromatic amines is 1. The van der Waals surface area contributed by atoms with Gasteiger partial charge in [0, 0.05) is 40.4 Å². The first-order valence-corrected chi connectivity index (χ1v) is 10.4. The minimum atomic E-state index is -0.514. The highest BCUT2D eigenvalue weighted by molar-refractivity contribution is 9.10. The molecule has 32 heavy (non-hydrogen) atoms. The number of benzene rings is 2. The van der Waals surface area contributed by atoms with Gasteiger partial charge < -0.3 is 20.2 Å². The quantitative estimate of drug-likeness (QED) is 0.255. The normalized spacial score (nSPS) is 10.8. The van der Waals surface area contributed by atoms with Crippen LogP contribution in [0.25, 0.3) is 21.9 Å². The van der Waals surface area contributed by atoms with Crippen LogP contribution in [0.4, 0.5) is 20.6 Å². The highest BCUT2D eigenvalue weighted by Crippen LogP contribution is 2.27. The number of nitrogens with zero attached hydrogens (tertiary/aromatic N) is 2. The minimum Gasteiger partial charge on any atom is -0.346 e. The molecule has 0 atom stereocenters. The van der Waals surface area contributed by atoms with Gasteiger partial charge in [0.05, 0.1) is 16.9 Å². The Morgan fingerprint density at radius 1 is 1.06 bits per heavy atom. The second-order valence-electron chi connectivity index (χ2n) is 7.10. The Bertz CT molecular complexity index is 1430. The van der Waals surface area contributed by atoms with Crippen molar-refractivity contribution in [2.24, 2.45) is 0 Å². The zero-order valence-corrected chi connectivity index (χ0v) is 19.0. The van der Waals surface area contributed by atoms with Crippen molar-refractivity contribution in [2.45, 2.75) is 6.54 Å². The number of amides is 2. The summed E-state index contributed by atoms with van der Waals surface area (Å²) in [6.07, 6.45) is 5.71. The summed E-state index contributed by atoms with van der Waals surface area (Å²) in [6, 6.07) is 15.5.